The Morgan fingerprint density at radius 1 is 1.19 bits per heavy atom. The lowest BCUT2D eigenvalue weighted by Gasteiger charge is -2.08. The highest BCUT2D eigenvalue weighted by Crippen LogP contribution is 2.16. The molecule has 1 heterocycles. The van der Waals surface area contributed by atoms with Gasteiger partial charge in [-0.15, -0.1) is 5.10 Å². The van der Waals surface area contributed by atoms with Crippen molar-refractivity contribution < 1.29 is 13.9 Å². The van der Waals surface area contributed by atoms with Crippen LogP contribution in [-0.4, -0.2) is 28.3 Å². The van der Waals surface area contributed by atoms with E-state index in [9.17, 15) is 9.18 Å². The molecule has 0 aliphatic carbocycles. The summed E-state index contributed by atoms with van der Waals surface area (Å²) < 4.78 is 17.6. The maximum atomic E-state index is 12.9. The van der Waals surface area contributed by atoms with Gasteiger partial charge in [0.2, 0.25) is 5.95 Å². The Labute approximate surface area is 149 Å². The van der Waals surface area contributed by atoms with Crippen LogP contribution in [0.3, 0.4) is 0 Å². The molecule has 3 rings (SSSR count). The maximum Gasteiger partial charge on any atom is 0.337 e. The summed E-state index contributed by atoms with van der Waals surface area (Å²) in [6.07, 6.45) is 1.49. The van der Waals surface area contributed by atoms with Crippen LogP contribution in [0, 0.1) is 5.82 Å². The van der Waals surface area contributed by atoms with Crippen LogP contribution in [0.5, 0.6) is 0 Å². The highest BCUT2D eigenvalue weighted by molar-refractivity contribution is 5.90. The number of halogens is 1. The minimum Gasteiger partial charge on any atom is -0.465 e. The van der Waals surface area contributed by atoms with Gasteiger partial charge in [0.15, 0.2) is 5.82 Å². The minimum absolute atomic E-state index is 0.274. The molecular formula is C18H16FN5O2. The number of carbonyl (C=O) groups excluding carboxylic acids is 1. The van der Waals surface area contributed by atoms with E-state index in [4.69, 9.17) is 4.74 Å². The molecule has 0 bridgehead atoms. The van der Waals surface area contributed by atoms with E-state index < -0.39 is 5.97 Å². The van der Waals surface area contributed by atoms with Crippen molar-refractivity contribution >= 4 is 23.4 Å². The molecule has 7 nitrogen and oxygen atoms in total. The van der Waals surface area contributed by atoms with Crippen molar-refractivity contribution in [2.45, 2.75) is 6.54 Å². The lowest BCUT2D eigenvalue weighted by molar-refractivity contribution is 0.0601. The molecule has 0 spiro atoms. The molecule has 2 aromatic carbocycles. The van der Waals surface area contributed by atoms with Crippen LogP contribution in [-0.2, 0) is 11.3 Å². The minimum atomic E-state index is -0.428. The third kappa shape index (κ3) is 4.50. The molecule has 26 heavy (non-hydrogen) atoms. The van der Waals surface area contributed by atoms with Gasteiger partial charge < -0.3 is 15.4 Å². The average Bonchev–Trinajstić information content (AvgIpc) is 2.67. The molecule has 1 aromatic heterocycles. The van der Waals surface area contributed by atoms with Gasteiger partial charge in [-0.25, -0.2) is 9.18 Å². The Morgan fingerprint density at radius 3 is 2.77 bits per heavy atom. The van der Waals surface area contributed by atoms with Crippen molar-refractivity contribution in [2.75, 3.05) is 17.7 Å². The fourth-order valence-electron chi connectivity index (χ4n) is 2.21. The SMILES string of the molecule is COC(=O)c1cccc(Nc2nncc(NCc3ccc(F)cc3)n2)c1. The van der Waals surface area contributed by atoms with Crippen molar-refractivity contribution in [1.82, 2.24) is 15.2 Å². The zero-order valence-electron chi connectivity index (χ0n) is 13.9. The summed E-state index contributed by atoms with van der Waals surface area (Å²) in [5, 5.41) is 13.9. The number of hydrogen-bond donors (Lipinski definition) is 2. The van der Waals surface area contributed by atoms with Crippen LogP contribution < -0.4 is 10.6 Å². The van der Waals surface area contributed by atoms with Crippen LogP contribution in [0.15, 0.2) is 54.7 Å². The lowest BCUT2D eigenvalue weighted by atomic mass is 10.2. The van der Waals surface area contributed by atoms with E-state index in [0.717, 1.165) is 5.56 Å². The molecule has 3 aromatic rings. The molecule has 2 N–H and O–H groups in total. The van der Waals surface area contributed by atoms with Crippen LogP contribution in [0.2, 0.25) is 0 Å². The summed E-state index contributed by atoms with van der Waals surface area (Å²) in [5.74, 6) is 0.0765. The number of methoxy groups -OCH3 is 1. The van der Waals surface area contributed by atoms with Crippen LogP contribution in [0.25, 0.3) is 0 Å². The number of esters is 1. The van der Waals surface area contributed by atoms with Crippen molar-refractivity contribution in [1.29, 1.82) is 0 Å². The summed E-state index contributed by atoms with van der Waals surface area (Å²) in [7, 11) is 1.33. The standard InChI is InChI=1S/C18H16FN5O2/c1-26-17(25)13-3-2-4-15(9-13)22-18-23-16(11-21-24-18)20-10-12-5-7-14(19)8-6-12/h2-9,11H,10H2,1H3,(H2,20,22,23,24). The second-order valence-corrected chi connectivity index (χ2v) is 5.34. The van der Waals surface area contributed by atoms with E-state index in [1.54, 1.807) is 36.4 Å². The quantitative estimate of drug-likeness (QED) is 0.658. The highest BCUT2D eigenvalue weighted by Gasteiger charge is 2.07. The first-order chi connectivity index (χ1) is 12.6. The zero-order valence-corrected chi connectivity index (χ0v) is 13.9. The summed E-state index contributed by atoms with van der Waals surface area (Å²) in [6, 6.07) is 13.0. The number of rotatable bonds is 6. The number of hydrogen-bond acceptors (Lipinski definition) is 7. The van der Waals surface area contributed by atoms with Crippen molar-refractivity contribution in [3.8, 4) is 0 Å². The molecular weight excluding hydrogens is 337 g/mol. The first-order valence-corrected chi connectivity index (χ1v) is 7.77. The second kappa shape index (κ2) is 8.02. The molecule has 0 fully saturated rings. The van der Waals surface area contributed by atoms with E-state index in [1.165, 1.54) is 25.4 Å². The molecule has 0 atom stereocenters. The Morgan fingerprint density at radius 2 is 2.00 bits per heavy atom. The fourth-order valence-corrected chi connectivity index (χ4v) is 2.21. The molecule has 0 saturated carbocycles. The number of carbonyl (C=O) groups is 1. The Kier molecular flexibility index (Phi) is 5.33. The number of anilines is 3. The fraction of sp³-hybridized carbons (Fsp3) is 0.111. The molecule has 0 amide bonds. The molecule has 0 aliphatic rings. The molecule has 0 aliphatic heterocycles. The Bertz CT molecular complexity index is 902. The lowest BCUT2D eigenvalue weighted by Crippen LogP contribution is -2.06. The van der Waals surface area contributed by atoms with Crippen LogP contribution in [0.1, 0.15) is 15.9 Å². The largest absolute Gasteiger partial charge is 0.465 e. The molecule has 132 valence electrons. The van der Waals surface area contributed by atoms with Gasteiger partial charge in [0.1, 0.15) is 5.82 Å². The topological polar surface area (TPSA) is 89.0 Å². The van der Waals surface area contributed by atoms with Crippen LogP contribution in [0.4, 0.5) is 21.8 Å². The highest BCUT2D eigenvalue weighted by atomic mass is 19.1. The first-order valence-electron chi connectivity index (χ1n) is 7.77. The third-order valence-electron chi connectivity index (χ3n) is 3.49. The van der Waals surface area contributed by atoms with Gasteiger partial charge in [-0.3, -0.25) is 0 Å². The molecule has 0 radical (unpaired) electrons. The number of ether oxygens (including phenoxy) is 1. The van der Waals surface area contributed by atoms with E-state index in [2.05, 4.69) is 25.8 Å². The zero-order chi connectivity index (χ0) is 18.4. The van der Waals surface area contributed by atoms with Gasteiger partial charge in [-0.05, 0) is 35.9 Å². The number of benzene rings is 2. The summed E-state index contributed by atoms with van der Waals surface area (Å²) >= 11 is 0. The molecule has 0 unspecified atom stereocenters. The maximum absolute atomic E-state index is 12.9. The van der Waals surface area contributed by atoms with Gasteiger partial charge in [0.25, 0.3) is 0 Å². The Balaban J connectivity index is 1.67. The van der Waals surface area contributed by atoms with Crippen molar-refractivity contribution in [3.63, 3.8) is 0 Å². The third-order valence-corrected chi connectivity index (χ3v) is 3.49. The van der Waals surface area contributed by atoms with Crippen LogP contribution >= 0.6 is 0 Å². The summed E-state index contributed by atoms with van der Waals surface area (Å²) in [4.78, 5) is 15.9. The first kappa shape index (κ1) is 17.3. The van der Waals surface area contributed by atoms with E-state index in [1.807, 2.05) is 0 Å². The van der Waals surface area contributed by atoms with Gasteiger partial charge in [0.05, 0.1) is 18.9 Å². The predicted molar refractivity (Wildman–Crippen MR) is 94.6 cm³/mol. The summed E-state index contributed by atoms with van der Waals surface area (Å²) in [6.45, 7) is 0.468. The summed E-state index contributed by atoms with van der Waals surface area (Å²) in [5.41, 5.74) is 1.95. The number of aromatic nitrogens is 3. The van der Waals surface area contributed by atoms with Crippen molar-refractivity contribution in [3.05, 3.63) is 71.7 Å². The predicted octanol–water partition coefficient (Wildman–Crippen LogP) is 3.15. The van der Waals surface area contributed by atoms with E-state index in [-0.39, 0.29) is 11.8 Å². The van der Waals surface area contributed by atoms with Gasteiger partial charge in [-0.1, -0.05) is 18.2 Å². The van der Waals surface area contributed by atoms with Crippen molar-refractivity contribution in [2.24, 2.45) is 0 Å². The molecule has 0 saturated heterocycles. The monoisotopic (exact) mass is 353 g/mol. The van der Waals surface area contributed by atoms with E-state index >= 15 is 0 Å². The second-order valence-electron chi connectivity index (χ2n) is 5.34. The number of nitrogens with zero attached hydrogens (tertiary/aromatic N) is 3. The van der Waals surface area contributed by atoms with Gasteiger partial charge in [0, 0.05) is 12.2 Å². The van der Waals surface area contributed by atoms with Gasteiger partial charge >= 0.3 is 5.97 Å². The average molecular weight is 353 g/mol. The molecule has 8 heteroatoms. The normalized spacial score (nSPS) is 10.2. The van der Waals surface area contributed by atoms with Gasteiger partial charge in [-0.2, -0.15) is 10.1 Å². The number of nitrogens with one attached hydrogen (secondary N) is 2. The Hall–Kier alpha value is -3.55. The smallest absolute Gasteiger partial charge is 0.337 e. The van der Waals surface area contributed by atoms with E-state index in [0.29, 0.717) is 23.6 Å².